The number of oxazole rings is 1. The van der Waals surface area contributed by atoms with Crippen LogP contribution < -0.4 is 9.47 Å². The molecule has 0 aliphatic carbocycles. The van der Waals surface area contributed by atoms with Crippen LogP contribution in [0.3, 0.4) is 0 Å². The van der Waals surface area contributed by atoms with Crippen LogP contribution in [0.4, 0.5) is 17.1 Å². The summed E-state index contributed by atoms with van der Waals surface area (Å²) >= 11 is 12.3. The zero-order valence-corrected chi connectivity index (χ0v) is 22.6. The highest BCUT2D eigenvalue weighted by molar-refractivity contribution is 6.36. The SMILES string of the molecule is CCOc1cc(C=Nc2ccc3oc(-c4ccc(Cl)cc4Cl)nc3c2)ccc1Oc1ccc([N+](=O)[O-])cc1[N+](=O)[O-]. The van der Waals surface area contributed by atoms with E-state index in [1.54, 1.807) is 67.7 Å². The third-order valence-corrected chi connectivity index (χ3v) is 6.28. The molecule has 5 rings (SSSR count). The summed E-state index contributed by atoms with van der Waals surface area (Å²) in [6.45, 7) is 2.07. The van der Waals surface area contributed by atoms with Crippen LogP contribution in [0.1, 0.15) is 12.5 Å². The van der Waals surface area contributed by atoms with Gasteiger partial charge in [0.15, 0.2) is 17.1 Å². The summed E-state index contributed by atoms with van der Waals surface area (Å²) in [5, 5.41) is 23.4. The lowest BCUT2D eigenvalue weighted by molar-refractivity contribution is -0.394. The molecule has 13 heteroatoms. The number of benzene rings is 4. The van der Waals surface area contributed by atoms with E-state index in [0.717, 1.165) is 12.1 Å². The van der Waals surface area contributed by atoms with Gasteiger partial charge in [0.1, 0.15) is 5.52 Å². The van der Waals surface area contributed by atoms with Gasteiger partial charge in [-0.1, -0.05) is 23.2 Å². The summed E-state index contributed by atoms with van der Waals surface area (Å²) in [5.41, 5.74) is 2.07. The number of nitro groups is 2. The largest absolute Gasteiger partial charge is 0.490 e. The number of aliphatic imine (C=N–C) groups is 1. The summed E-state index contributed by atoms with van der Waals surface area (Å²) in [7, 11) is 0. The molecule has 1 aromatic heterocycles. The number of hydrogen-bond acceptors (Lipinski definition) is 9. The molecule has 0 saturated heterocycles. The molecule has 0 saturated carbocycles. The van der Waals surface area contributed by atoms with Crippen molar-refractivity contribution in [2.75, 3.05) is 6.61 Å². The average molecular weight is 593 g/mol. The van der Waals surface area contributed by atoms with Crippen LogP contribution in [0.5, 0.6) is 17.2 Å². The number of aromatic nitrogens is 1. The Morgan fingerprint density at radius 3 is 2.46 bits per heavy atom. The Morgan fingerprint density at radius 2 is 1.73 bits per heavy atom. The lowest BCUT2D eigenvalue weighted by atomic mass is 10.2. The summed E-state index contributed by atoms with van der Waals surface area (Å²) < 4.78 is 17.3. The highest BCUT2D eigenvalue weighted by atomic mass is 35.5. The van der Waals surface area contributed by atoms with Gasteiger partial charge in [0, 0.05) is 17.3 Å². The van der Waals surface area contributed by atoms with Gasteiger partial charge in [0.05, 0.1) is 38.8 Å². The molecule has 0 N–H and O–H groups in total. The molecule has 0 unspecified atom stereocenters. The van der Waals surface area contributed by atoms with Gasteiger partial charge in [-0.3, -0.25) is 25.2 Å². The summed E-state index contributed by atoms with van der Waals surface area (Å²) in [4.78, 5) is 30.1. The number of fused-ring (bicyclic) bond motifs is 1. The quantitative estimate of drug-likeness (QED) is 0.0939. The van der Waals surface area contributed by atoms with E-state index >= 15 is 0 Å². The molecule has 0 aliphatic heterocycles. The summed E-state index contributed by atoms with van der Waals surface area (Å²) in [6, 6.07) is 18.4. The maximum Gasteiger partial charge on any atom is 0.318 e. The minimum absolute atomic E-state index is 0.164. The Kier molecular flexibility index (Phi) is 7.81. The van der Waals surface area contributed by atoms with Crippen molar-refractivity contribution in [2.45, 2.75) is 6.92 Å². The second kappa shape index (κ2) is 11.6. The fourth-order valence-electron chi connectivity index (χ4n) is 3.85. The number of rotatable bonds is 9. The molecule has 4 aromatic carbocycles. The van der Waals surface area contributed by atoms with E-state index in [1.807, 2.05) is 0 Å². The van der Waals surface area contributed by atoms with Crippen molar-refractivity contribution in [1.29, 1.82) is 0 Å². The van der Waals surface area contributed by atoms with E-state index in [9.17, 15) is 20.2 Å². The lowest BCUT2D eigenvalue weighted by Gasteiger charge is -2.12. The maximum atomic E-state index is 11.5. The van der Waals surface area contributed by atoms with Crippen LogP contribution in [0.15, 0.2) is 82.2 Å². The first-order valence-electron chi connectivity index (χ1n) is 12.0. The highest BCUT2D eigenvalue weighted by Gasteiger charge is 2.22. The van der Waals surface area contributed by atoms with Gasteiger partial charge in [-0.25, -0.2) is 4.98 Å². The molecule has 0 radical (unpaired) electrons. The fourth-order valence-corrected chi connectivity index (χ4v) is 4.34. The van der Waals surface area contributed by atoms with Crippen molar-refractivity contribution in [1.82, 2.24) is 4.98 Å². The number of non-ortho nitro benzene ring substituents is 1. The van der Waals surface area contributed by atoms with E-state index in [0.29, 0.717) is 56.2 Å². The maximum absolute atomic E-state index is 11.5. The average Bonchev–Trinajstić information content (AvgIpc) is 3.36. The Hall–Kier alpha value is -5.00. The van der Waals surface area contributed by atoms with Gasteiger partial charge in [-0.15, -0.1) is 0 Å². The Morgan fingerprint density at radius 1 is 0.927 bits per heavy atom. The molecule has 0 fully saturated rings. The van der Waals surface area contributed by atoms with Gasteiger partial charge in [0.2, 0.25) is 11.6 Å². The van der Waals surface area contributed by atoms with Crippen LogP contribution >= 0.6 is 23.2 Å². The molecular formula is C28H18Cl2N4O7. The minimum Gasteiger partial charge on any atom is -0.490 e. The topological polar surface area (TPSA) is 143 Å². The van der Waals surface area contributed by atoms with E-state index in [1.165, 1.54) is 6.07 Å². The van der Waals surface area contributed by atoms with Crippen molar-refractivity contribution < 1.29 is 23.7 Å². The van der Waals surface area contributed by atoms with Crippen molar-refractivity contribution in [2.24, 2.45) is 4.99 Å². The van der Waals surface area contributed by atoms with Crippen LogP contribution in [0, 0.1) is 20.2 Å². The minimum atomic E-state index is -0.748. The molecule has 41 heavy (non-hydrogen) atoms. The van der Waals surface area contributed by atoms with E-state index in [2.05, 4.69) is 9.98 Å². The van der Waals surface area contributed by atoms with Crippen LogP contribution in [-0.2, 0) is 0 Å². The first kappa shape index (κ1) is 27.6. The van der Waals surface area contributed by atoms with Gasteiger partial charge < -0.3 is 13.9 Å². The first-order chi connectivity index (χ1) is 19.7. The van der Waals surface area contributed by atoms with Gasteiger partial charge in [0.25, 0.3) is 5.69 Å². The Balaban J connectivity index is 1.40. The number of halogens is 2. The van der Waals surface area contributed by atoms with Crippen molar-refractivity contribution >= 4 is 57.6 Å². The molecule has 11 nitrogen and oxygen atoms in total. The standard InChI is InChI=1S/C28H18Cl2N4O7/c1-2-39-27-11-16(3-8-26(27)40-25-10-6-19(33(35)36)14-23(25)34(37)38)15-31-18-5-9-24-22(13-18)32-28(41-24)20-7-4-17(29)12-21(20)30/h3-15H,2H2,1H3. The number of nitrogens with zero attached hydrogens (tertiary/aromatic N) is 4. The van der Waals surface area contributed by atoms with Crippen LogP contribution in [-0.4, -0.2) is 27.7 Å². The first-order valence-corrected chi connectivity index (χ1v) is 12.7. The zero-order valence-electron chi connectivity index (χ0n) is 21.1. The van der Waals surface area contributed by atoms with Gasteiger partial charge in [-0.2, -0.15) is 0 Å². The molecule has 0 atom stereocenters. The third kappa shape index (κ3) is 6.11. The summed E-state index contributed by atoms with van der Waals surface area (Å²) in [5.74, 6) is 0.690. The second-order valence-electron chi connectivity index (χ2n) is 8.46. The van der Waals surface area contributed by atoms with Crippen molar-refractivity contribution in [3.63, 3.8) is 0 Å². The molecular weight excluding hydrogens is 575 g/mol. The molecule has 5 aromatic rings. The predicted octanol–water partition coefficient (Wildman–Crippen LogP) is 8.56. The Bertz CT molecular complexity index is 1840. The van der Waals surface area contributed by atoms with Gasteiger partial charge in [-0.05, 0) is 73.2 Å². The molecule has 0 aliphatic rings. The lowest BCUT2D eigenvalue weighted by Crippen LogP contribution is -1.99. The fraction of sp³-hybridized carbons (Fsp3) is 0.0714. The van der Waals surface area contributed by atoms with Crippen molar-refractivity contribution in [3.05, 3.63) is 109 Å². The van der Waals surface area contributed by atoms with Gasteiger partial charge >= 0.3 is 5.69 Å². The monoisotopic (exact) mass is 592 g/mol. The summed E-state index contributed by atoms with van der Waals surface area (Å²) in [6.07, 6.45) is 1.61. The second-order valence-corrected chi connectivity index (χ2v) is 9.30. The van der Waals surface area contributed by atoms with Crippen LogP contribution in [0.2, 0.25) is 10.0 Å². The van der Waals surface area contributed by atoms with Crippen molar-refractivity contribution in [3.8, 4) is 28.7 Å². The third-order valence-electron chi connectivity index (χ3n) is 5.73. The van der Waals surface area contributed by atoms with E-state index in [-0.39, 0.29) is 11.5 Å². The predicted molar refractivity (Wildman–Crippen MR) is 154 cm³/mol. The molecule has 0 spiro atoms. The molecule has 0 amide bonds. The molecule has 1 heterocycles. The number of nitro benzene ring substituents is 2. The van der Waals surface area contributed by atoms with E-state index in [4.69, 9.17) is 37.1 Å². The molecule has 0 bridgehead atoms. The number of hydrogen-bond donors (Lipinski definition) is 0. The smallest absolute Gasteiger partial charge is 0.318 e. The van der Waals surface area contributed by atoms with Crippen LogP contribution in [0.25, 0.3) is 22.6 Å². The normalized spacial score (nSPS) is 11.2. The van der Waals surface area contributed by atoms with E-state index < -0.39 is 21.2 Å². The number of ether oxygens (including phenoxy) is 2. The molecule has 206 valence electrons. The Labute approximate surface area is 241 Å². The highest BCUT2D eigenvalue weighted by Crippen LogP contribution is 2.39. The zero-order chi connectivity index (χ0) is 29.1.